The summed E-state index contributed by atoms with van der Waals surface area (Å²) in [5, 5.41) is 0. The Balaban J connectivity index is 2.45. The predicted octanol–water partition coefficient (Wildman–Crippen LogP) is -0.711. The van der Waals surface area contributed by atoms with Crippen LogP contribution in [0.25, 0.3) is 0 Å². The number of hydrogen-bond acceptors (Lipinski definition) is 10. The van der Waals surface area contributed by atoms with Gasteiger partial charge in [0.05, 0.1) is 6.20 Å². The minimum absolute atomic E-state index is 0.360. The van der Waals surface area contributed by atoms with Crippen molar-refractivity contribution >= 4 is 23.7 Å². The van der Waals surface area contributed by atoms with Crippen LogP contribution in [-0.4, -0.2) is 52.4 Å². The summed E-state index contributed by atoms with van der Waals surface area (Å²) in [6.07, 6.45) is -4.29. The normalized spacial score (nSPS) is 24.3. The third-order valence-corrected chi connectivity index (χ3v) is 3.55. The number of anilines is 1. The summed E-state index contributed by atoms with van der Waals surface area (Å²) >= 11 is 0. The van der Waals surface area contributed by atoms with E-state index >= 15 is 0 Å². The molecule has 1 aromatic rings. The van der Waals surface area contributed by atoms with Gasteiger partial charge < -0.3 is 24.7 Å². The zero-order valence-electron chi connectivity index (χ0n) is 14.7. The lowest BCUT2D eigenvalue weighted by Crippen LogP contribution is -2.42. The van der Waals surface area contributed by atoms with E-state index in [1.807, 2.05) is 0 Å². The molecule has 0 aliphatic carbocycles. The fourth-order valence-electron chi connectivity index (χ4n) is 2.56. The van der Waals surface area contributed by atoms with Gasteiger partial charge in [-0.3, -0.25) is 19.0 Å². The van der Waals surface area contributed by atoms with Gasteiger partial charge in [-0.05, 0) is 0 Å². The van der Waals surface area contributed by atoms with Gasteiger partial charge in [0, 0.05) is 20.8 Å². The van der Waals surface area contributed by atoms with Crippen LogP contribution in [0.3, 0.4) is 0 Å². The third kappa shape index (κ3) is 4.78. The Morgan fingerprint density at radius 2 is 1.78 bits per heavy atom. The molecule has 1 aromatic heterocycles. The molecule has 1 aliphatic rings. The van der Waals surface area contributed by atoms with E-state index in [9.17, 15) is 23.6 Å². The first-order chi connectivity index (χ1) is 12.6. The number of hydrogen-bond donors (Lipinski definition) is 1. The van der Waals surface area contributed by atoms with Crippen LogP contribution in [0.1, 0.15) is 27.0 Å². The topological polar surface area (TPSA) is 149 Å². The van der Waals surface area contributed by atoms with Gasteiger partial charge in [-0.15, -0.1) is 0 Å². The van der Waals surface area contributed by atoms with E-state index in [0.29, 0.717) is 4.57 Å². The summed E-state index contributed by atoms with van der Waals surface area (Å²) in [6, 6.07) is 0. The largest absolute Gasteiger partial charge is 0.463 e. The molecule has 0 aromatic carbocycles. The Labute approximate surface area is 152 Å². The molecule has 1 aliphatic heterocycles. The second-order valence-electron chi connectivity index (χ2n) is 5.68. The maximum absolute atomic E-state index is 13.8. The maximum atomic E-state index is 13.8. The Morgan fingerprint density at radius 1 is 1.19 bits per heavy atom. The van der Waals surface area contributed by atoms with Gasteiger partial charge in [0.25, 0.3) is 0 Å². The van der Waals surface area contributed by atoms with Crippen LogP contribution in [0.4, 0.5) is 10.2 Å². The van der Waals surface area contributed by atoms with Crippen molar-refractivity contribution in [3.8, 4) is 0 Å². The summed E-state index contributed by atoms with van der Waals surface area (Å²) in [4.78, 5) is 49.4. The minimum Gasteiger partial charge on any atom is -0.463 e. The highest BCUT2D eigenvalue weighted by molar-refractivity contribution is 5.68. The Hall–Kier alpha value is -3.02. The number of nitrogen functional groups attached to an aromatic ring is 1. The van der Waals surface area contributed by atoms with Gasteiger partial charge in [-0.25, -0.2) is 9.18 Å². The molecule has 0 saturated carbocycles. The first-order valence-corrected chi connectivity index (χ1v) is 7.77. The van der Waals surface area contributed by atoms with E-state index in [2.05, 4.69) is 4.98 Å². The lowest BCUT2D eigenvalue weighted by atomic mass is 10.1. The fourth-order valence-corrected chi connectivity index (χ4v) is 2.56. The monoisotopic (exact) mass is 387 g/mol. The van der Waals surface area contributed by atoms with E-state index in [-0.39, 0.29) is 6.61 Å². The van der Waals surface area contributed by atoms with Crippen molar-refractivity contribution in [2.75, 3.05) is 12.3 Å². The van der Waals surface area contributed by atoms with Crippen molar-refractivity contribution in [3.63, 3.8) is 0 Å². The molecule has 27 heavy (non-hydrogen) atoms. The second-order valence-corrected chi connectivity index (χ2v) is 5.68. The molecule has 0 radical (unpaired) electrons. The molecule has 12 heteroatoms. The Kier molecular flexibility index (Phi) is 6.10. The first-order valence-electron chi connectivity index (χ1n) is 7.77. The molecule has 148 valence electrons. The number of carbonyl (C=O) groups is 3. The molecule has 4 atom stereocenters. The summed E-state index contributed by atoms with van der Waals surface area (Å²) in [5.74, 6) is -3.76. The number of aromatic nitrogens is 2. The molecule has 2 heterocycles. The van der Waals surface area contributed by atoms with E-state index in [4.69, 9.17) is 24.7 Å². The number of esters is 3. The number of nitrogens with two attached hydrogens (primary N) is 1. The van der Waals surface area contributed by atoms with Gasteiger partial charge in [-0.2, -0.15) is 4.98 Å². The standard InChI is InChI=1S/C15H18FN3O8/c1-6(20)24-5-10-11(25-7(2)21)12(26-8(3)22)14(27-10)19-4-9(16)13(17)18-15(19)23/h4,10-12,14H,5H2,1-3H3,(H2,17,18,23)/t10-,11+,12+,14+/m1/s1. The van der Waals surface area contributed by atoms with Crippen LogP contribution in [0.5, 0.6) is 0 Å². The van der Waals surface area contributed by atoms with Gasteiger partial charge in [-0.1, -0.05) is 0 Å². The van der Waals surface area contributed by atoms with Gasteiger partial charge in [0.1, 0.15) is 12.7 Å². The molecule has 0 unspecified atom stereocenters. The Morgan fingerprint density at radius 3 is 2.33 bits per heavy atom. The van der Waals surface area contributed by atoms with E-state index < -0.39 is 59.8 Å². The van der Waals surface area contributed by atoms with Crippen LogP contribution in [0, 0.1) is 5.82 Å². The predicted molar refractivity (Wildman–Crippen MR) is 84.5 cm³/mol. The van der Waals surface area contributed by atoms with Gasteiger partial charge >= 0.3 is 23.6 Å². The van der Waals surface area contributed by atoms with Crippen molar-refractivity contribution in [1.82, 2.24) is 9.55 Å². The summed E-state index contributed by atoms with van der Waals surface area (Å²) in [7, 11) is 0. The van der Waals surface area contributed by atoms with Gasteiger partial charge in [0.2, 0.25) is 0 Å². The number of halogens is 1. The molecule has 2 N–H and O–H groups in total. The van der Waals surface area contributed by atoms with Crippen molar-refractivity contribution in [3.05, 3.63) is 22.5 Å². The van der Waals surface area contributed by atoms with Crippen LogP contribution in [-0.2, 0) is 33.3 Å². The van der Waals surface area contributed by atoms with Gasteiger partial charge in [0.15, 0.2) is 30.1 Å². The molecule has 1 fully saturated rings. The average molecular weight is 387 g/mol. The summed E-state index contributed by atoms with van der Waals surface area (Å²) in [6.45, 7) is 2.99. The lowest BCUT2D eigenvalue weighted by molar-refractivity contribution is -0.166. The quantitative estimate of drug-likeness (QED) is 0.507. The highest BCUT2D eigenvalue weighted by Crippen LogP contribution is 2.33. The van der Waals surface area contributed by atoms with Crippen LogP contribution in [0.15, 0.2) is 11.0 Å². The smallest absolute Gasteiger partial charge is 0.351 e. The highest BCUT2D eigenvalue weighted by atomic mass is 19.1. The SMILES string of the molecule is CC(=O)OC[C@H]1O[C@H](n2cc(F)c(N)nc2=O)[C@@H](OC(C)=O)[C@H]1OC(C)=O. The van der Waals surface area contributed by atoms with E-state index in [1.165, 1.54) is 0 Å². The summed E-state index contributed by atoms with van der Waals surface area (Å²) in [5.41, 5.74) is 4.27. The van der Waals surface area contributed by atoms with Crippen molar-refractivity contribution in [2.45, 2.75) is 45.3 Å². The zero-order chi connectivity index (χ0) is 20.3. The molecular formula is C15H18FN3O8. The van der Waals surface area contributed by atoms with Crippen molar-refractivity contribution in [2.24, 2.45) is 0 Å². The molecule has 0 bridgehead atoms. The van der Waals surface area contributed by atoms with E-state index in [0.717, 1.165) is 27.0 Å². The number of nitrogens with zero attached hydrogens (tertiary/aromatic N) is 2. The lowest BCUT2D eigenvalue weighted by Gasteiger charge is -2.23. The molecule has 0 spiro atoms. The summed E-state index contributed by atoms with van der Waals surface area (Å²) < 4.78 is 35.2. The first kappa shape index (κ1) is 20.3. The maximum Gasteiger partial charge on any atom is 0.351 e. The fraction of sp³-hybridized carbons (Fsp3) is 0.533. The minimum atomic E-state index is -1.39. The zero-order valence-corrected chi connectivity index (χ0v) is 14.7. The third-order valence-electron chi connectivity index (χ3n) is 3.55. The number of rotatable bonds is 5. The van der Waals surface area contributed by atoms with Crippen LogP contribution >= 0.6 is 0 Å². The molecule has 0 amide bonds. The molecule has 1 saturated heterocycles. The van der Waals surface area contributed by atoms with E-state index in [1.54, 1.807) is 0 Å². The van der Waals surface area contributed by atoms with Crippen molar-refractivity contribution in [1.29, 1.82) is 0 Å². The second kappa shape index (κ2) is 8.12. The number of carbonyl (C=O) groups excluding carboxylic acids is 3. The average Bonchev–Trinajstić information content (AvgIpc) is 2.85. The van der Waals surface area contributed by atoms with Crippen LogP contribution in [0.2, 0.25) is 0 Å². The van der Waals surface area contributed by atoms with Crippen molar-refractivity contribution < 1.29 is 37.7 Å². The number of ether oxygens (including phenoxy) is 4. The van der Waals surface area contributed by atoms with Crippen LogP contribution < -0.4 is 11.4 Å². The Bertz CT molecular complexity index is 811. The molecule has 11 nitrogen and oxygen atoms in total. The molecular weight excluding hydrogens is 369 g/mol. The highest BCUT2D eigenvalue weighted by Gasteiger charge is 2.51. The molecule has 2 rings (SSSR count).